The summed E-state index contributed by atoms with van der Waals surface area (Å²) in [5.74, 6) is 0.685. The molecule has 1 unspecified atom stereocenters. The number of hydrogen-bond acceptors (Lipinski definition) is 2. The zero-order chi connectivity index (χ0) is 9.97. The Morgan fingerprint density at radius 3 is 2.64 bits per heavy atom. The van der Waals surface area contributed by atoms with E-state index < -0.39 is 0 Å². The van der Waals surface area contributed by atoms with Crippen LogP contribution in [0.2, 0.25) is 0 Å². The third-order valence-corrected chi connectivity index (χ3v) is 3.04. The Morgan fingerprint density at radius 2 is 2.07 bits per heavy atom. The van der Waals surface area contributed by atoms with E-state index in [0.29, 0.717) is 12.0 Å². The van der Waals surface area contributed by atoms with Crippen molar-refractivity contribution in [3.05, 3.63) is 35.9 Å². The molecule has 2 rings (SSSR count). The van der Waals surface area contributed by atoms with Crippen molar-refractivity contribution in [2.75, 3.05) is 0 Å². The summed E-state index contributed by atoms with van der Waals surface area (Å²) < 4.78 is 0. The van der Waals surface area contributed by atoms with Gasteiger partial charge >= 0.3 is 0 Å². The summed E-state index contributed by atoms with van der Waals surface area (Å²) in [6.45, 7) is 2.27. The first-order chi connectivity index (χ1) is 6.75. The van der Waals surface area contributed by atoms with E-state index in [1.165, 1.54) is 5.56 Å². The van der Waals surface area contributed by atoms with Gasteiger partial charge in [0.2, 0.25) is 0 Å². The predicted molar refractivity (Wildman–Crippen MR) is 58.8 cm³/mol. The zero-order valence-corrected chi connectivity index (χ0v) is 8.61. The first-order valence-electron chi connectivity index (χ1n) is 5.31. The molecule has 3 N–H and O–H groups in total. The van der Waals surface area contributed by atoms with E-state index in [9.17, 15) is 0 Å². The lowest BCUT2D eigenvalue weighted by molar-refractivity contribution is 0.476. The van der Waals surface area contributed by atoms with E-state index in [1.54, 1.807) is 0 Å². The van der Waals surface area contributed by atoms with Crippen LogP contribution in [-0.2, 0) is 6.42 Å². The highest BCUT2D eigenvalue weighted by atomic mass is 15.1. The molecule has 3 atom stereocenters. The molecular formula is C12H18N2. The molecule has 1 aliphatic heterocycles. The van der Waals surface area contributed by atoms with Crippen molar-refractivity contribution in [2.45, 2.75) is 32.0 Å². The number of rotatable bonds is 2. The summed E-state index contributed by atoms with van der Waals surface area (Å²) in [5.41, 5.74) is 7.25. The van der Waals surface area contributed by atoms with Crippen LogP contribution >= 0.6 is 0 Å². The lowest BCUT2D eigenvalue weighted by atomic mass is 9.96. The average molecular weight is 190 g/mol. The molecule has 2 nitrogen and oxygen atoms in total. The fraction of sp³-hybridized carbons (Fsp3) is 0.500. The smallest absolute Gasteiger partial charge is 0.0551 e. The Bertz CT molecular complexity index is 284. The molecule has 0 amide bonds. The Kier molecular flexibility index (Phi) is 2.85. The lowest BCUT2D eigenvalue weighted by Gasteiger charge is -2.15. The fourth-order valence-electron chi connectivity index (χ4n) is 2.20. The van der Waals surface area contributed by atoms with Gasteiger partial charge in [0.15, 0.2) is 0 Å². The van der Waals surface area contributed by atoms with Gasteiger partial charge in [-0.15, -0.1) is 0 Å². The third kappa shape index (κ3) is 2.14. The monoisotopic (exact) mass is 190 g/mol. The van der Waals surface area contributed by atoms with Crippen molar-refractivity contribution in [3.63, 3.8) is 0 Å². The normalized spacial score (nSPS) is 32.0. The molecule has 0 radical (unpaired) electrons. The minimum Gasteiger partial charge on any atom is -0.316 e. The van der Waals surface area contributed by atoms with Gasteiger partial charge in [-0.1, -0.05) is 37.3 Å². The predicted octanol–water partition coefficient (Wildman–Crippen LogP) is 1.51. The second-order valence-corrected chi connectivity index (χ2v) is 4.28. The molecule has 1 aliphatic rings. The van der Waals surface area contributed by atoms with Crippen molar-refractivity contribution in [1.82, 2.24) is 5.32 Å². The van der Waals surface area contributed by atoms with Gasteiger partial charge in [-0.25, -0.2) is 0 Å². The van der Waals surface area contributed by atoms with Crippen molar-refractivity contribution < 1.29 is 0 Å². The third-order valence-electron chi connectivity index (χ3n) is 3.04. The second kappa shape index (κ2) is 4.11. The number of nitrogens with one attached hydrogen (secondary N) is 1. The first-order valence-corrected chi connectivity index (χ1v) is 5.31. The summed E-state index contributed by atoms with van der Waals surface area (Å²) in [7, 11) is 0. The van der Waals surface area contributed by atoms with Gasteiger partial charge in [0.25, 0.3) is 0 Å². The van der Waals surface area contributed by atoms with E-state index in [2.05, 4.69) is 42.6 Å². The maximum Gasteiger partial charge on any atom is 0.0551 e. The molecule has 1 fully saturated rings. The Hall–Kier alpha value is -0.860. The number of hydrogen-bond donors (Lipinski definition) is 2. The van der Waals surface area contributed by atoms with Crippen LogP contribution in [-0.4, -0.2) is 12.2 Å². The summed E-state index contributed by atoms with van der Waals surface area (Å²) in [5, 5.41) is 3.43. The maximum atomic E-state index is 5.86. The van der Waals surface area contributed by atoms with Crippen LogP contribution in [0.5, 0.6) is 0 Å². The van der Waals surface area contributed by atoms with E-state index in [-0.39, 0.29) is 6.17 Å². The van der Waals surface area contributed by atoms with Crippen LogP contribution in [0.4, 0.5) is 0 Å². The van der Waals surface area contributed by atoms with Crippen molar-refractivity contribution >= 4 is 0 Å². The van der Waals surface area contributed by atoms with E-state index >= 15 is 0 Å². The Labute approximate surface area is 85.5 Å². The molecule has 2 heteroatoms. The van der Waals surface area contributed by atoms with Gasteiger partial charge in [-0.2, -0.15) is 0 Å². The van der Waals surface area contributed by atoms with E-state index in [1.807, 2.05) is 0 Å². The van der Waals surface area contributed by atoms with Gasteiger partial charge in [0.1, 0.15) is 0 Å². The van der Waals surface area contributed by atoms with Gasteiger partial charge in [-0.3, -0.25) is 5.32 Å². The molecule has 0 aliphatic carbocycles. The molecule has 0 spiro atoms. The largest absolute Gasteiger partial charge is 0.316 e. The lowest BCUT2D eigenvalue weighted by Crippen LogP contribution is -2.37. The summed E-state index contributed by atoms with van der Waals surface area (Å²) in [6.07, 6.45) is 2.38. The highest BCUT2D eigenvalue weighted by molar-refractivity contribution is 5.16. The average Bonchev–Trinajstić information content (AvgIpc) is 2.47. The molecule has 1 aromatic carbocycles. The molecule has 76 valence electrons. The minimum atomic E-state index is 0.193. The topological polar surface area (TPSA) is 38.0 Å². The molecule has 0 aromatic heterocycles. The standard InChI is InChI=1S/C12H18N2/c1-9-7-12(13)14-11(9)8-10-5-3-2-4-6-10/h2-6,9,11-12,14H,7-8,13H2,1H3/t9-,11?,12-/m0/s1. The van der Waals surface area contributed by atoms with E-state index in [0.717, 1.165) is 12.8 Å². The number of nitrogens with two attached hydrogens (primary N) is 1. The van der Waals surface area contributed by atoms with E-state index in [4.69, 9.17) is 5.73 Å². The Morgan fingerprint density at radius 1 is 1.36 bits per heavy atom. The van der Waals surface area contributed by atoms with Crippen molar-refractivity contribution in [2.24, 2.45) is 11.7 Å². The Balaban J connectivity index is 1.98. The van der Waals surface area contributed by atoms with Crippen LogP contribution in [0.1, 0.15) is 18.9 Å². The highest BCUT2D eigenvalue weighted by Gasteiger charge is 2.27. The van der Waals surface area contributed by atoms with Gasteiger partial charge in [-0.05, 0) is 24.3 Å². The molecule has 1 aromatic rings. The number of benzene rings is 1. The van der Waals surface area contributed by atoms with Crippen LogP contribution in [0.3, 0.4) is 0 Å². The first kappa shape index (κ1) is 9.69. The summed E-state index contributed by atoms with van der Waals surface area (Å²) in [6, 6.07) is 11.1. The van der Waals surface area contributed by atoms with Crippen molar-refractivity contribution in [1.29, 1.82) is 0 Å². The molecule has 1 heterocycles. The van der Waals surface area contributed by atoms with Gasteiger partial charge < -0.3 is 5.73 Å². The highest BCUT2D eigenvalue weighted by Crippen LogP contribution is 2.20. The second-order valence-electron chi connectivity index (χ2n) is 4.28. The van der Waals surface area contributed by atoms with Gasteiger partial charge in [0, 0.05) is 6.04 Å². The quantitative estimate of drug-likeness (QED) is 0.742. The summed E-state index contributed by atoms with van der Waals surface area (Å²) >= 11 is 0. The fourth-order valence-corrected chi connectivity index (χ4v) is 2.20. The molecule has 1 saturated heterocycles. The maximum absolute atomic E-state index is 5.86. The zero-order valence-electron chi connectivity index (χ0n) is 8.61. The molecule has 0 saturated carbocycles. The van der Waals surface area contributed by atoms with Crippen LogP contribution in [0, 0.1) is 5.92 Å². The van der Waals surface area contributed by atoms with Crippen LogP contribution < -0.4 is 11.1 Å². The van der Waals surface area contributed by atoms with Crippen LogP contribution in [0.25, 0.3) is 0 Å². The molecular weight excluding hydrogens is 172 g/mol. The minimum absolute atomic E-state index is 0.193. The van der Waals surface area contributed by atoms with Crippen LogP contribution in [0.15, 0.2) is 30.3 Å². The molecule has 0 bridgehead atoms. The molecule has 14 heavy (non-hydrogen) atoms. The van der Waals surface area contributed by atoms with Gasteiger partial charge in [0.05, 0.1) is 6.17 Å². The SMILES string of the molecule is C[C@H]1C[C@@H](N)NC1Cc1ccccc1. The van der Waals surface area contributed by atoms with Crippen molar-refractivity contribution in [3.8, 4) is 0 Å². The summed E-state index contributed by atoms with van der Waals surface area (Å²) in [4.78, 5) is 0.